The molecule has 0 aliphatic heterocycles. The minimum atomic E-state index is -0.603. The average Bonchev–Trinajstić information content (AvgIpc) is 3.29. The highest BCUT2D eigenvalue weighted by atomic mass is 32.2. The quantitative estimate of drug-likeness (QED) is 0.331. The number of nitrogens with one attached hydrogen (secondary N) is 2. The molecule has 156 valence electrons. The molecular weight excluding hydrogens is 436 g/mol. The Morgan fingerprint density at radius 3 is 2.62 bits per heavy atom. The van der Waals surface area contributed by atoms with Crippen LogP contribution in [-0.4, -0.2) is 47.1 Å². The number of rotatable bonds is 9. The first-order valence-electron chi connectivity index (χ1n) is 9.00. The summed E-state index contributed by atoms with van der Waals surface area (Å²) in [6, 6.07) is 0. The summed E-state index contributed by atoms with van der Waals surface area (Å²) < 4.78 is 10.5. The van der Waals surface area contributed by atoms with E-state index in [1.54, 1.807) is 13.8 Å². The van der Waals surface area contributed by atoms with E-state index in [4.69, 9.17) is 9.47 Å². The van der Waals surface area contributed by atoms with E-state index in [0.29, 0.717) is 26.0 Å². The van der Waals surface area contributed by atoms with E-state index in [0.717, 1.165) is 29.7 Å². The first-order chi connectivity index (χ1) is 14.0. The van der Waals surface area contributed by atoms with Gasteiger partial charge in [-0.2, -0.15) is 0 Å². The fourth-order valence-corrected chi connectivity index (χ4v) is 5.02. The van der Waals surface area contributed by atoms with Crippen LogP contribution in [0.5, 0.6) is 0 Å². The highest BCUT2D eigenvalue weighted by Gasteiger charge is 2.32. The zero-order valence-corrected chi connectivity index (χ0v) is 18.3. The Morgan fingerprint density at radius 2 is 1.93 bits per heavy atom. The molecule has 0 bridgehead atoms. The zero-order chi connectivity index (χ0) is 20.8. The standard InChI is InChI=1S/C17H20N4O5S3/c1-3-25-14(23)12-10(9-5-6-9)7-27-13(12)18-11(22)8-28-17-21-20-15(29-17)19-16(24)26-4-2/h7,9H,3-6,8H2,1-2H3,(H,18,22)(H,19,20,24). The van der Waals surface area contributed by atoms with E-state index >= 15 is 0 Å². The molecule has 0 aromatic carbocycles. The van der Waals surface area contributed by atoms with Gasteiger partial charge in [-0.3, -0.25) is 10.1 Å². The Hall–Kier alpha value is -2.18. The van der Waals surface area contributed by atoms with Gasteiger partial charge in [0.2, 0.25) is 11.0 Å². The maximum absolute atomic E-state index is 12.4. The summed E-state index contributed by atoms with van der Waals surface area (Å²) in [7, 11) is 0. The fourth-order valence-electron chi connectivity index (χ4n) is 2.43. The topological polar surface area (TPSA) is 120 Å². The van der Waals surface area contributed by atoms with Crippen LogP contribution in [-0.2, 0) is 14.3 Å². The molecule has 1 aliphatic rings. The SMILES string of the molecule is CCOC(=O)Nc1nnc(SCC(=O)Nc2scc(C3CC3)c2C(=O)OCC)s1. The predicted octanol–water partition coefficient (Wildman–Crippen LogP) is 3.95. The summed E-state index contributed by atoms with van der Waals surface area (Å²) in [4.78, 5) is 36.1. The van der Waals surface area contributed by atoms with E-state index in [-0.39, 0.29) is 24.9 Å². The lowest BCUT2D eigenvalue weighted by Crippen LogP contribution is -2.16. The second kappa shape index (κ2) is 10.0. The minimum absolute atomic E-state index is 0.0902. The molecule has 0 radical (unpaired) electrons. The maximum atomic E-state index is 12.4. The molecule has 0 atom stereocenters. The number of ether oxygens (including phenoxy) is 2. The summed E-state index contributed by atoms with van der Waals surface area (Å²) in [6.45, 7) is 3.99. The third-order valence-corrected chi connectivity index (χ3v) is 6.67. The van der Waals surface area contributed by atoms with Gasteiger partial charge >= 0.3 is 12.1 Å². The van der Waals surface area contributed by atoms with Crippen LogP contribution in [0.3, 0.4) is 0 Å². The van der Waals surface area contributed by atoms with Gasteiger partial charge in [-0.1, -0.05) is 23.1 Å². The molecule has 2 aromatic heterocycles. The molecule has 0 unspecified atom stereocenters. The van der Waals surface area contributed by atoms with Crippen molar-refractivity contribution in [3.63, 3.8) is 0 Å². The van der Waals surface area contributed by atoms with Gasteiger partial charge in [0.25, 0.3) is 0 Å². The number of hydrogen-bond donors (Lipinski definition) is 2. The molecule has 1 fully saturated rings. The van der Waals surface area contributed by atoms with Gasteiger partial charge in [-0.05, 0) is 43.6 Å². The molecule has 0 spiro atoms. The van der Waals surface area contributed by atoms with Crippen molar-refractivity contribution in [2.45, 2.75) is 36.9 Å². The van der Waals surface area contributed by atoms with Crippen LogP contribution in [0.4, 0.5) is 14.9 Å². The van der Waals surface area contributed by atoms with E-state index in [1.165, 1.54) is 23.1 Å². The molecule has 1 saturated carbocycles. The van der Waals surface area contributed by atoms with Crippen LogP contribution in [0.15, 0.2) is 9.72 Å². The summed E-state index contributed by atoms with van der Waals surface area (Å²) in [5, 5.41) is 15.7. The van der Waals surface area contributed by atoms with E-state index in [9.17, 15) is 14.4 Å². The third kappa shape index (κ3) is 5.90. The number of carbonyl (C=O) groups is 3. The number of anilines is 2. The van der Waals surface area contributed by atoms with Crippen LogP contribution in [0.2, 0.25) is 0 Å². The predicted molar refractivity (Wildman–Crippen MR) is 112 cm³/mol. The van der Waals surface area contributed by atoms with Gasteiger partial charge < -0.3 is 14.8 Å². The molecule has 29 heavy (non-hydrogen) atoms. The first-order valence-corrected chi connectivity index (χ1v) is 11.7. The first kappa shape index (κ1) is 21.5. The summed E-state index contributed by atoms with van der Waals surface area (Å²) in [6.07, 6.45) is 1.49. The molecule has 9 nitrogen and oxygen atoms in total. The molecule has 2 N–H and O–H groups in total. The lowest BCUT2D eigenvalue weighted by molar-refractivity contribution is -0.113. The summed E-state index contributed by atoms with van der Waals surface area (Å²) in [5.74, 6) is -0.206. The zero-order valence-electron chi connectivity index (χ0n) is 15.9. The van der Waals surface area contributed by atoms with Crippen LogP contribution in [0, 0.1) is 0 Å². The Labute approximate surface area is 179 Å². The second-order valence-electron chi connectivity index (χ2n) is 5.95. The van der Waals surface area contributed by atoms with Crippen LogP contribution < -0.4 is 10.6 Å². The monoisotopic (exact) mass is 456 g/mol. The number of nitrogens with zero attached hydrogens (tertiary/aromatic N) is 2. The second-order valence-corrected chi connectivity index (χ2v) is 9.02. The number of carbonyl (C=O) groups excluding carboxylic acids is 3. The van der Waals surface area contributed by atoms with Gasteiger partial charge in [0.05, 0.1) is 24.5 Å². The van der Waals surface area contributed by atoms with Crippen molar-refractivity contribution in [3.05, 3.63) is 16.5 Å². The van der Waals surface area contributed by atoms with E-state index in [2.05, 4.69) is 20.8 Å². The summed E-state index contributed by atoms with van der Waals surface area (Å²) in [5.41, 5.74) is 1.42. The van der Waals surface area contributed by atoms with Crippen molar-refractivity contribution in [3.8, 4) is 0 Å². The van der Waals surface area contributed by atoms with Gasteiger partial charge in [0.1, 0.15) is 5.00 Å². The van der Waals surface area contributed by atoms with Crippen LogP contribution in [0.1, 0.15) is 48.5 Å². The van der Waals surface area contributed by atoms with Crippen molar-refractivity contribution in [1.29, 1.82) is 0 Å². The number of thiophene rings is 1. The van der Waals surface area contributed by atoms with Gasteiger partial charge in [0.15, 0.2) is 4.34 Å². The lowest BCUT2D eigenvalue weighted by atomic mass is 10.1. The highest BCUT2D eigenvalue weighted by Crippen LogP contribution is 2.46. The van der Waals surface area contributed by atoms with Crippen molar-refractivity contribution in [1.82, 2.24) is 10.2 Å². The van der Waals surface area contributed by atoms with E-state index < -0.39 is 12.1 Å². The third-order valence-electron chi connectivity index (χ3n) is 3.79. The molecule has 12 heteroatoms. The molecule has 2 heterocycles. The molecule has 1 aliphatic carbocycles. The number of esters is 1. The van der Waals surface area contributed by atoms with Crippen molar-refractivity contribution in [2.75, 3.05) is 29.6 Å². The van der Waals surface area contributed by atoms with Gasteiger partial charge in [-0.15, -0.1) is 21.5 Å². The molecule has 3 rings (SSSR count). The Kier molecular flexibility index (Phi) is 7.45. The van der Waals surface area contributed by atoms with Crippen molar-refractivity contribution < 1.29 is 23.9 Å². The Morgan fingerprint density at radius 1 is 1.17 bits per heavy atom. The average molecular weight is 457 g/mol. The van der Waals surface area contributed by atoms with Crippen LogP contribution in [0.25, 0.3) is 0 Å². The summed E-state index contributed by atoms with van der Waals surface area (Å²) >= 11 is 3.67. The van der Waals surface area contributed by atoms with Gasteiger partial charge in [0, 0.05) is 0 Å². The van der Waals surface area contributed by atoms with Gasteiger partial charge in [-0.25, -0.2) is 9.59 Å². The molecule has 0 saturated heterocycles. The van der Waals surface area contributed by atoms with Crippen molar-refractivity contribution in [2.24, 2.45) is 0 Å². The Balaban J connectivity index is 1.57. The van der Waals surface area contributed by atoms with E-state index in [1.807, 2.05) is 5.38 Å². The molecule has 2 amide bonds. The number of thioether (sulfide) groups is 1. The molecular formula is C17H20N4O5S3. The largest absolute Gasteiger partial charge is 0.462 e. The highest BCUT2D eigenvalue weighted by molar-refractivity contribution is 8.01. The van der Waals surface area contributed by atoms with Crippen molar-refractivity contribution >= 4 is 62.5 Å². The smallest absolute Gasteiger partial charge is 0.413 e. The number of amides is 2. The number of hydrogen-bond acceptors (Lipinski definition) is 10. The maximum Gasteiger partial charge on any atom is 0.413 e. The molecule has 2 aromatic rings. The van der Waals surface area contributed by atoms with Crippen LogP contribution >= 0.6 is 34.4 Å². The fraction of sp³-hybridized carbons (Fsp3) is 0.471. The Bertz CT molecular complexity index is 894. The minimum Gasteiger partial charge on any atom is -0.462 e. The number of aromatic nitrogens is 2. The normalized spacial score (nSPS) is 13.0. The lowest BCUT2D eigenvalue weighted by Gasteiger charge is -2.07.